The van der Waals surface area contributed by atoms with Crippen molar-refractivity contribution in [2.24, 2.45) is 0 Å². The van der Waals surface area contributed by atoms with Crippen LogP contribution in [0.5, 0.6) is 0 Å². The number of pyridine rings is 1. The highest BCUT2D eigenvalue weighted by molar-refractivity contribution is 5.79. The molecule has 0 saturated carbocycles. The molecule has 2 rings (SSSR count). The van der Waals surface area contributed by atoms with Crippen LogP contribution in [0.2, 0.25) is 0 Å². The van der Waals surface area contributed by atoms with Crippen LogP contribution in [0.15, 0.2) is 41.2 Å². The molecular formula is C17H13F3N2O2. The lowest BCUT2D eigenvalue weighted by Gasteiger charge is -2.17. The Labute approximate surface area is 136 Å². The second-order valence-corrected chi connectivity index (χ2v) is 5.05. The van der Waals surface area contributed by atoms with Crippen LogP contribution < -0.4 is 5.56 Å². The fourth-order valence-corrected chi connectivity index (χ4v) is 2.25. The van der Waals surface area contributed by atoms with E-state index >= 15 is 0 Å². The smallest absolute Gasteiger partial charge is 0.310 e. The van der Waals surface area contributed by atoms with Crippen molar-refractivity contribution in [1.82, 2.24) is 4.57 Å². The molecule has 0 spiro atoms. The van der Waals surface area contributed by atoms with Gasteiger partial charge >= 0.3 is 6.18 Å². The molecule has 0 atom stereocenters. The maximum absolute atomic E-state index is 13.2. The summed E-state index contributed by atoms with van der Waals surface area (Å²) in [6.45, 7) is 8.15. The first-order valence-electron chi connectivity index (χ1n) is 7.09. The minimum atomic E-state index is -4.84. The van der Waals surface area contributed by atoms with Gasteiger partial charge in [0.2, 0.25) is 0 Å². The molecule has 0 unspecified atom stereocenters. The lowest BCUT2D eigenvalue weighted by atomic mass is 10.1. The Hall–Kier alpha value is -2.88. The van der Waals surface area contributed by atoms with E-state index in [9.17, 15) is 22.8 Å². The van der Waals surface area contributed by atoms with Crippen molar-refractivity contribution in [2.75, 3.05) is 0 Å². The van der Waals surface area contributed by atoms with E-state index in [1.54, 1.807) is 37.3 Å². The van der Waals surface area contributed by atoms with Crippen molar-refractivity contribution in [3.63, 3.8) is 0 Å². The second kappa shape index (κ2) is 6.71. The number of rotatable bonds is 4. The van der Waals surface area contributed by atoms with Gasteiger partial charge in [-0.3, -0.25) is 9.59 Å². The van der Waals surface area contributed by atoms with E-state index in [0.717, 1.165) is 10.6 Å². The maximum atomic E-state index is 13.2. The number of carbonyl (C=O) groups excluding carboxylic acids is 1. The van der Waals surface area contributed by atoms with E-state index in [4.69, 9.17) is 6.57 Å². The Morgan fingerprint density at radius 3 is 2.38 bits per heavy atom. The molecular weight excluding hydrogens is 321 g/mol. The molecule has 1 heterocycles. The van der Waals surface area contributed by atoms with E-state index < -0.39 is 23.0 Å². The third kappa shape index (κ3) is 3.38. The summed E-state index contributed by atoms with van der Waals surface area (Å²) >= 11 is 0. The van der Waals surface area contributed by atoms with Crippen molar-refractivity contribution in [1.29, 1.82) is 0 Å². The number of hydrogen-bond acceptors (Lipinski definition) is 2. The first-order chi connectivity index (χ1) is 11.3. The molecule has 7 heteroatoms. The lowest BCUT2D eigenvalue weighted by Crippen LogP contribution is -2.27. The zero-order valence-electron chi connectivity index (χ0n) is 12.7. The van der Waals surface area contributed by atoms with Crippen LogP contribution in [0.25, 0.3) is 16.1 Å². The molecule has 0 saturated heterocycles. The summed E-state index contributed by atoms with van der Waals surface area (Å²) in [7, 11) is 0. The number of hydrogen-bond donors (Lipinski definition) is 0. The van der Waals surface area contributed by atoms with E-state index in [1.165, 1.54) is 0 Å². The molecule has 0 aliphatic rings. The van der Waals surface area contributed by atoms with E-state index in [-0.39, 0.29) is 24.4 Å². The standard InChI is InChI=1S/C17H13F3N2O2/c1-3-12(23)10-22-14(11-7-5-4-6-8-11)9-13(17(18,19)20)15(21-2)16(22)24/h4-9H,3,10H2,1H3. The molecule has 0 amide bonds. The number of aromatic nitrogens is 1. The number of benzene rings is 1. The molecule has 0 radical (unpaired) electrons. The first-order valence-corrected chi connectivity index (χ1v) is 7.09. The number of Topliss-reactive ketones (excluding diaryl/α,β-unsaturated/α-hetero) is 1. The van der Waals surface area contributed by atoms with E-state index in [2.05, 4.69) is 4.85 Å². The molecule has 0 fully saturated rings. The fraction of sp³-hybridized carbons (Fsp3) is 0.235. The van der Waals surface area contributed by atoms with Crippen molar-refractivity contribution in [3.05, 3.63) is 63.7 Å². The molecule has 4 nitrogen and oxygen atoms in total. The predicted octanol–water partition coefficient (Wildman–Crippen LogP) is 4.06. The maximum Gasteiger partial charge on any atom is 0.407 e. The van der Waals surface area contributed by atoms with Gasteiger partial charge in [-0.1, -0.05) is 37.3 Å². The highest BCUT2D eigenvalue weighted by atomic mass is 19.4. The number of halogens is 3. The van der Waals surface area contributed by atoms with Crippen LogP contribution in [0.3, 0.4) is 0 Å². The van der Waals surface area contributed by atoms with E-state index in [0.29, 0.717) is 5.56 Å². The number of ketones is 1. The van der Waals surface area contributed by atoms with Gasteiger partial charge in [0.15, 0.2) is 5.78 Å². The summed E-state index contributed by atoms with van der Waals surface area (Å²) in [5.74, 6) is -0.315. The summed E-state index contributed by atoms with van der Waals surface area (Å²) in [5, 5.41) is 0. The summed E-state index contributed by atoms with van der Waals surface area (Å²) < 4.78 is 40.6. The Balaban J connectivity index is 2.85. The Morgan fingerprint density at radius 1 is 1.25 bits per heavy atom. The molecule has 0 bridgehead atoms. The topological polar surface area (TPSA) is 43.4 Å². The van der Waals surface area contributed by atoms with Crippen LogP contribution in [0, 0.1) is 6.57 Å². The zero-order chi connectivity index (χ0) is 17.9. The molecule has 0 aliphatic heterocycles. The molecule has 0 N–H and O–H groups in total. The minimum absolute atomic E-state index is 0.0397. The third-order valence-corrected chi connectivity index (χ3v) is 3.49. The summed E-state index contributed by atoms with van der Waals surface area (Å²) in [6, 6.07) is 8.75. The molecule has 2 aromatic rings. The van der Waals surface area contributed by atoms with Crippen LogP contribution in [0.1, 0.15) is 18.9 Å². The predicted molar refractivity (Wildman–Crippen MR) is 82.7 cm³/mol. The van der Waals surface area contributed by atoms with Gasteiger partial charge in [0.25, 0.3) is 11.2 Å². The normalized spacial score (nSPS) is 11.1. The third-order valence-electron chi connectivity index (χ3n) is 3.49. The summed E-state index contributed by atoms with van der Waals surface area (Å²) in [4.78, 5) is 26.9. The largest absolute Gasteiger partial charge is 0.407 e. The van der Waals surface area contributed by atoms with Crippen LogP contribution in [-0.4, -0.2) is 10.4 Å². The second-order valence-electron chi connectivity index (χ2n) is 5.05. The van der Waals surface area contributed by atoms with Crippen LogP contribution in [-0.2, 0) is 17.5 Å². The SMILES string of the molecule is [C-]#[N+]c1c(C(F)(F)F)cc(-c2ccccc2)n(CC(=O)CC)c1=O. The van der Waals surface area contributed by atoms with Crippen molar-refractivity contribution < 1.29 is 18.0 Å². The summed E-state index contributed by atoms with van der Waals surface area (Å²) in [6.07, 6.45) is -4.70. The highest BCUT2D eigenvalue weighted by Gasteiger charge is 2.36. The molecule has 1 aromatic heterocycles. The Bertz CT molecular complexity index is 862. The number of nitrogens with zero attached hydrogens (tertiary/aromatic N) is 2. The highest BCUT2D eigenvalue weighted by Crippen LogP contribution is 2.37. The average Bonchev–Trinajstić information content (AvgIpc) is 2.55. The van der Waals surface area contributed by atoms with Gasteiger partial charge in [0.1, 0.15) is 0 Å². The Morgan fingerprint density at radius 2 is 1.88 bits per heavy atom. The van der Waals surface area contributed by atoms with E-state index in [1.807, 2.05) is 0 Å². The van der Waals surface area contributed by atoms with Gasteiger partial charge in [-0.25, -0.2) is 4.85 Å². The summed E-state index contributed by atoms with van der Waals surface area (Å²) in [5.41, 5.74) is -3.10. The molecule has 124 valence electrons. The quantitative estimate of drug-likeness (QED) is 0.791. The molecule has 1 aromatic carbocycles. The van der Waals surface area contributed by atoms with Gasteiger partial charge in [-0.2, -0.15) is 13.2 Å². The van der Waals surface area contributed by atoms with Gasteiger partial charge < -0.3 is 4.57 Å². The monoisotopic (exact) mass is 334 g/mol. The first kappa shape index (κ1) is 17.5. The number of alkyl halides is 3. The minimum Gasteiger partial charge on any atom is -0.310 e. The average molecular weight is 334 g/mol. The van der Waals surface area contributed by atoms with Crippen LogP contribution in [0.4, 0.5) is 18.9 Å². The van der Waals surface area contributed by atoms with Gasteiger partial charge in [0, 0.05) is 12.1 Å². The van der Waals surface area contributed by atoms with Crippen LogP contribution >= 0.6 is 0 Å². The van der Waals surface area contributed by atoms with Crippen molar-refractivity contribution in [2.45, 2.75) is 26.1 Å². The van der Waals surface area contributed by atoms with Gasteiger partial charge in [0.05, 0.1) is 18.7 Å². The van der Waals surface area contributed by atoms with Crippen molar-refractivity contribution in [3.8, 4) is 11.3 Å². The Kier molecular flexibility index (Phi) is 4.88. The van der Waals surface area contributed by atoms with Crippen molar-refractivity contribution >= 4 is 11.5 Å². The zero-order valence-corrected chi connectivity index (χ0v) is 12.7. The van der Waals surface area contributed by atoms with Gasteiger partial charge in [-0.05, 0) is 11.6 Å². The lowest BCUT2D eigenvalue weighted by molar-refractivity contribution is -0.136. The molecule has 0 aliphatic carbocycles. The fourth-order valence-electron chi connectivity index (χ4n) is 2.25. The molecule has 24 heavy (non-hydrogen) atoms. The number of carbonyl (C=O) groups is 1. The van der Waals surface area contributed by atoms with Gasteiger partial charge in [-0.15, -0.1) is 0 Å².